The molecule has 2 unspecified atom stereocenters. The second-order valence-electron chi connectivity index (χ2n) is 6.46. The van der Waals surface area contributed by atoms with Crippen molar-refractivity contribution >= 4 is 20.7 Å². The molecule has 0 spiro atoms. The lowest BCUT2D eigenvalue weighted by Crippen LogP contribution is -2.46. The van der Waals surface area contributed by atoms with Gasteiger partial charge in [-0.3, -0.25) is 4.98 Å². The van der Waals surface area contributed by atoms with Crippen LogP contribution in [0.1, 0.15) is 31.2 Å². The largest absolute Gasteiger partial charge is 0.312 e. The minimum Gasteiger partial charge on any atom is -0.312 e. The zero-order chi connectivity index (χ0) is 16.3. The number of sulfone groups is 1. The first kappa shape index (κ1) is 16.4. The molecule has 0 aliphatic heterocycles. The topological polar surface area (TPSA) is 59.1 Å². The first-order chi connectivity index (χ1) is 11.1. The van der Waals surface area contributed by atoms with Crippen LogP contribution in [0.3, 0.4) is 0 Å². The molecule has 1 aliphatic rings. The van der Waals surface area contributed by atoms with Gasteiger partial charge in [0.25, 0.3) is 0 Å². The molecular weight excluding hydrogens is 308 g/mol. The quantitative estimate of drug-likeness (QED) is 0.914. The number of para-hydroxylation sites is 1. The van der Waals surface area contributed by atoms with Gasteiger partial charge < -0.3 is 5.32 Å². The molecule has 1 N–H and O–H groups in total. The molecule has 3 rings (SSSR count). The Morgan fingerprint density at radius 3 is 2.78 bits per heavy atom. The van der Waals surface area contributed by atoms with Crippen LogP contribution in [0.5, 0.6) is 0 Å². The maximum Gasteiger partial charge on any atom is 0.151 e. The summed E-state index contributed by atoms with van der Waals surface area (Å²) >= 11 is 0. The zero-order valence-corrected chi connectivity index (χ0v) is 14.3. The minimum atomic E-state index is -2.98. The van der Waals surface area contributed by atoms with Crippen molar-refractivity contribution in [2.45, 2.75) is 43.4 Å². The lowest BCUT2D eigenvalue weighted by Gasteiger charge is -2.31. The van der Waals surface area contributed by atoms with Gasteiger partial charge in [-0.25, -0.2) is 8.42 Å². The lowest BCUT2D eigenvalue weighted by molar-refractivity contribution is 0.374. The van der Waals surface area contributed by atoms with Crippen LogP contribution >= 0.6 is 0 Å². The normalized spacial score (nSPS) is 22.3. The molecule has 0 bridgehead atoms. The Morgan fingerprint density at radius 1 is 1.17 bits per heavy atom. The highest BCUT2D eigenvalue weighted by atomic mass is 32.2. The van der Waals surface area contributed by atoms with Crippen LogP contribution in [0, 0.1) is 0 Å². The maximum atomic E-state index is 12.0. The summed E-state index contributed by atoms with van der Waals surface area (Å²) in [7, 11) is -2.98. The lowest BCUT2D eigenvalue weighted by atomic mass is 9.94. The Morgan fingerprint density at radius 2 is 1.96 bits per heavy atom. The Kier molecular flexibility index (Phi) is 4.97. The summed E-state index contributed by atoms with van der Waals surface area (Å²) in [4.78, 5) is 4.48. The maximum absolute atomic E-state index is 12.0. The van der Waals surface area contributed by atoms with E-state index in [2.05, 4.69) is 34.6 Å². The van der Waals surface area contributed by atoms with Crippen molar-refractivity contribution in [2.24, 2.45) is 0 Å². The van der Waals surface area contributed by atoms with Crippen molar-refractivity contribution < 1.29 is 8.42 Å². The SMILES string of the molecule is CS(=O)(=O)C1CCCCC1NCCc1cccc2cccnc12. The predicted molar refractivity (Wildman–Crippen MR) is 94.3 cm³/mol. The Balaban J connectivity index is 1.66. The highest BCUT2D eigenvalue weighted by Crippen LogP contribution is 2.24. The van der Waals surface area contributed by atoms with Crippen molar-refractivity contribution in [3.05, 3.63) is 42.1 Å². The molecule has 2 aromatic rings. The molecule has 124 valence electrons. The summed E-state index contributed by atoms with van der Waals surface area (Å²) in [6.07, 6.45) is 7.91. The molecule has 1 aromatic heterocycles. The van der Waals surface area contributed by atoms with Crippen LogP contribution < -0.4 is 5.32 Å². The molecule has 5 heteroatoms. The standard InChI is InChI=1S/C18H24N2O2S/c1-23(21,22)17-10-3-2-9-16(17)19-13-11-15-7-4-6-14-8-5-12-20-18(14)15/h4-8,12,16-17,19H,2-3,9-11,13H2,1H3. The molecule has 1 aliphatic carbocycles. The van der Waals surface area contributed by atoms with Gasteiger partial charge in [-0.15, -0.1) is 0 Å². The summed E-state index contributed by atoms with van der Waals surface area (Å²) in [6.45, 7) is 0.784. The number of hydrogen-bond donors (Lipinski definition) is 1. The highest BCUT2D eigenvalue weighted by molar-refractivity contribution is 7.91. The van der Waals surface area contributed by atoms with Crippen molar-refractivity contribution in [3.63, 3.8) is 0 Å². The highest BCUT2D eigenvalue weighted by Gasteiger charge is 2.32. The number of pyridine rings is 1. The fourth-order valence-corrected chi connectivity index (χ4v) is 5.03. The van der Waals surface area contributed by atoms with Gasteiger partial charge in [0.1, 0.15) is 0 Å². The molecule has 0 radical (unpaired) electrons. The van der Waals surface area contributed by atoms with Crippen molar-refractivity contribution in [3.8, 4) is 0 Å². The van der Waals surface area contributed by atoms with Crippen LogP contribution in [0.25, 0.3) is 10.9 Å². The van der Waals surface area contributed by atoms with E-state index in [-0.39, 0.29) is 11.3 Å². The van der Waals surface area contributed by atoms with E-state index in [0.717, 1.165) is 49.6 Å². The third-order valence-corrected chi connectivity index (χ3v) is 6.43. The number of rotatable bonds is 5. The minimum absolute atomic E-state index is 0.0849. The molecule has 1 fully saturated rings. The van der Waals surface area contributed by atoms with Crippen molar-refractivity contribution in [2.75, 3.05) is 12.8 Å². The first-order valence-electron chi connectivity index (χ1n) is 8.30. The molecule has 2 atom stereocenters. The summed E-state index contributed by atoms with van der Waals surface area (Å²) < 4.78 is 23.9. The van der Waals surface area contributed by atoms with E-state index in [1.54, 1.807) is 0 Å². The molecule has 1 heterocycles. The molecule has 0 amide bonds. The monoisotopic (exact) mass is 332 g/mol. The number of fused-ring (bicyclic) bond motifs is 1. The predicted octanol–water partition coefficient (Wildman–Crippen LogP) is 2.72. The van der Waals surface area contributed by atoms with E-state index in [4.69, 9.17) is 0 Å². The third-order valence-electron chi connectivity index (χ3n) is 4.77. The van der Waals surface area contributed by atoms with E-state index in [0.29, 0.717) is 0 Å². The Labute approximate surface area is 138 Å². The van der Waals surface area contributed by atoms with Crippen molar-refractivity contribution in [1.29, 1.82) is 0 Å². The third kappa shape index (κ3) is 3.90. The van der Waals surface area contributed by atoms with Gasteiger partial charge in [0.05, 0.1) is 10.8 Å². The van der Waals surface area contributed by atoms with Crippen molar-refractivity contribution in [1.82, 2.24) is 10.3 Å². The molecule has 1 aromatic carbocycles. The van der Waals surface area contributed by atoms with E-state index in [9.17, 15) is 8.42 Å². The summed E-state index contributed by atoms with van der Waals surface area (Å²) in [5.41, 5.74) is 2.25. The smallest absolute Gasteiger partial charge is 0.151 e. The fourth-order valence-electron chi connectivity index (χ4n) is 3.60. The summed E-state index contributed by atoms with van der Waals surface area (Å²) in [5, 5.41) is 4.40. The van der Waals surface area contributed by atoms with Crippen LogP contribution in [0.4, 0.5) is 0 Å². The van der Waals surface area contributed by atoms with Gasteiger partial charge in [0.15, 0.2) is 9.84 Å². The van der Waals surface area contributed by atoms with Crippen LogP contribution in [0.15, 0.2) is 36.5 Å². The second kappa shape index (κ2) is 6.97. The molecule has 1 saturated carbocycles. The fraction of sp³-hybridized carbons (Fsp3) is 0.500. The summed E-state index contributed by atoms with van der Waals surface area (Å²) in [5.74, 6) is 0. The van der Waals surface area contributed by atoms with Gasteiger partial charge in [0.2, 0.25) is 0 Å². The summed E-state index contributed by atoms with van der Waals surface area (Å²) in [6, 6.07) is 10.3. The van der Waals surface area contributed by atoms with E-state index < -0.39 is 9.84 Å². The van der Waals surface area contributed by atoms with Gasteiger partial charge in [-0.05, 0) is 37.4 Å². The van der Waals surface area contributed by atoms with Gasteiger partial charge in [-0.1, -0.05) is 37.1 Å². The molecular formula is C18H24N2O2S. The number of nitrogens with zero attached hydrogens (tertiary/aromatic N) is 1. The molecule has 4 nitrogen and oxygen atoms in total. The zero-order valence-electron chi connectivity index (χ0n) is 13.5. The number of hydrogen-bond acceptors (Lipinski definition) is 4. The van der Waals surface area contributed by atoms with Gasteiger partial charge >= 0.3 is 0 Å². The number of aromatic nitrogens is 1. The molecule has 23 heavy (non-hydrogen) atoms. The van der Waals surface area contributed by atoms with Crippen LogP contribution in [-0.4, -0.2) is 37.5 Å². The van der Waals surface area contributed by atoms with E-state index in [1.165, 1.54) is 11.8 Å². The van der Waals surface area contributed by atoms with E-state index in [1.807, 2.05) is 12.3 Å². The van der Waals surface area contributed by atoms with E-state index >= 15 is 0 Å². The second-order valence-corrected chi connectivity index (χ2v) is 8.72. The Hall–Kier alpha value is -1.46. The number of benzene rings is 1. The first-order valence-corrected chi connectivity index (χ1v) is 10.3. The number of nitrogens with one attached hydrogen (secondary N) is 1. The van der Waals surface area contributed by atoms with Gasteiger partial charge in [-0.2, -0.15) is 0 Å². The Bertz CT molecular complexity index is 768. The molecule has 0 saturated heterocycles. The van der Waals surface area contributed by atoms with Crippen LogP contribution in [-0.2, 0) is 16.3 Å². The van der Waals surface area contributed by atoms with Crippen LogP contribution in [0.2, 0.25) is 0 Å². The van der Waals surface area contributed by atoms with Gasteiger partial charge in [0, 0.05) is 23.9 Å². The average Bonchev–Trinajstić information content (AvgIpc) is 2.55. The average molecular weight is 332 g/mol.